The van der Waals surface area contributed by atoms with Gasteiger partial charge in [-0.15, -0.1) is 0 Å². The number of fused-ring (bicyclic) bond motifs is 1. The standard InChI is InChI=1S/C32H35F3N6O6/c1-30(2,3)47-29(46)40-31(4,5)28(45)38-23(14-19-15-36-22-9-7-6-8-21(19)22)26(42)39-24-16-41(17-37-24)25(27(43)44)18-10-12-20(13-11-18)32(33,34)35/h6-13,15-17,23,25,36H,14H2,1-5H3,(H,38,45)(H,39,42)(H,40,46)(H,43,44)/t23-,25?/m1/s1. The van der Waals surface area contributed by atoms with Crippen molar-refractivity contribution in [3.05, 3.63) is 83.9 Å². The molecule has 0 aliphatic heterocycles. The monoisotopic (exact) mass is 656 g/mol. The number of alkyl halides is 3. The maximum atomic E-state index is 13.6. The largest absolute Gasteiger partial charge is 0.479 e. The Balaban J connectivity index is 1.57. The number of anilines is 1. The highest BCUT2D eigenvalue weighted by Crippen LogP contribution is 2.31. The van der Waals surface area contributed by atoms with Gasteiger partial charge in [0.25, 0.3) is 0 Å². The van der Waals surface area contributed by atoms with Gasteiger partial charge in [0.15, 0.2) is 11.9 Å². The molecule has 0 aliphatic rings. The normalized spacial score (nSPS) is 13.4. The zero-order valence-electron chi connectivity index (χ0n) is 26.2. The van der Waals surface area contributed by atoms with Crippen LogP contribution in [0.1, 0.15) is 57.4 Å². The molecule has 0 bridgehead atoms. The molecule has 0 saturated carbocycles. The van der Waals surface area contributed by atoms with Crippen molar-refractivity contribution in [3.8, 4) is 0 Å². The van der Waals surface area contributed by atoms with E-state index in [1.165, 1.54) is 20.0 Å². The smallest absolute Gasteiger partial charge is 0.416 e. The Labute approximate surface area is 267 Å². The van der Waals surface area contributed by atoms with Gasteiger partial charge < -0.3 is 35.3 Å². The highest BCUT2D eigenvalue weighted by molar-refractivity contribution is 5.99. The quantitative estimate of drug-likeness (QED) is 0.160. The fraction of sp³-hybridized carbons (Fsp3) is 0.344. The first-order valence-electron chi connectivity index (χ1n) is 14.5. The van der Waals surface area contributed by atoms with Gasteiger partial charge in [0.2, 0.25) is 11.8 Å². The SMILES string of the molecule is CC(C)(C)OC(=O)NC(C)(C)C(=O)N[C@H](Cc1c[nH]c2ccccc12)C(=O)Nc1cn(C(C(=O)O)c2ccc(C(F)(F)F)cc2)cn1. The molecular weight excluding hydrogens is 621 g/mol. The number of imidazole rings is 1. The third-order valence-corrected chi connectivity index (χ3v) is 7.04. The minimum Gasteiger partial charge on any atom is -0.479 e. The number of nitrogens with zero attached hydrogens (tertiary/aromatic N) is 2. The van der Waals surface area contributed by atoms with E-state index in [4.69, 9.17) is 4.74 Å². The summed E-state index contributed by atoms with van der Waals surface area (Å²) in [6, 6.07) is 8.38. The first kappa shape index (κ1) is 34.5. The molecule has 15 heteroatoms. The van der Waals surface area contributed by atoms with Crippen molar-refractivity contribution in [3.63, 3.8) is 0 Å². The number of ether oxygens (including phenoxy) is 1. The number of rotatable bonds is 10. The van der Waals surface area contributed by atoms with Crippen molar-refractivity contribution in [1.29, 1.82) is 0 Å². The molecular formula is C32H35F3N6O6. The van der Waals surface area contributed by atoms with E-state index < -0.39 is 58.8 Å². The summed E-state index contributed by atoms with van der Waals surface area (Å²) in [4.78, 5) is 58.8. The molecule has 0 radical (unpaired) electrons. The van der Waals surface area contributed by atoms with Gasteiger partial charge in [-0.2, -0.15) is 13.2 Å². The van der Waals surface area contributed by atoms with Crippen molar-refractivity contribution in [1.82, 2.24) is 25.2 Å². The molecule has 2 heterocycles. The second kappa shape index (κ2) is 13.2. The van der Waals surface area contributed by atoms with Crippen molar-refractivity contribution in [2.75, 3.05) is 5.32 Å². The molecule has 4 rings (SSSR count). The van der Waals surface area contributed by atoms with Crippen LogP contribution < -0.4 is 16.0 Å². The molecule has 4 aromatic rings. The zero-order valence-corrected chi connectivity index (χ0v) is 26.2. The van der Waals surface area contributed by atoms with Crippen molar-refractivity contribution in [2.45, 2.75) is 70.4 Å². The van der Waals surface area contributed by atoms with Gasteiger partial charge in [0.1, 0.15) is 17.2 Å². The van der Waals surface area contributed by atoms with Crippen LogP contribution >= 0.6 is 0 Å². The van der Waals surface area contributed by atoms with Crippen LogP contribution in [0.25, 0.3) is 10.9 Å². The number of H-pyrrole nitrogens is 1. The molecule has 2 aromatic heterocycles. The molecule has 12 nitrogen and oxygen atoms in total. The molecule has 1 unspecified atom stereocenters. The fourth-order valence-electron chi connectivity index (χ4n) is 4.74. The summed E-state index contributed by atoms with van der Waals surface area (Å²) in [5, 5.41) is 18.5. The zero-order chi connectivity index (χ0) is 34.7. The lowest BCUT2D eigenvalue weighted by atomic mass is 10.0. The average Bonchev–Trinajstić information content (AvgIpc) is 3.58. The molecule has 0 spiro atoms. The number of aromatic nitrogens is 3. The van der Waals surface area contributed by atoms with Gasteiger partial charge in [0.05, 0.1) is 11.9 Å². The van der Waals surface area contributed by atoms with Crippen LogP contribution in [0.2, 0.25) is 0 Å². The lowest BCUT2D eigenvalue weighted by Crippen LogP contribution is -2.59. The number of hydrogen-bond acceptors (Lipinski definition) is 6. The Morgan fingerprint density at radius 3 is 2.28 bits per heavy atom. The van der Waals surface area contributed by atoms with Gasteiger partial charge in [0, 0.05) is 29.7 Å². The second-order valence-electron chi connectivity index (χ2n) is 12.4. The van der Waals surface area contributed by atoms with E-state index in [-0.39, 0.29) is 17.8 Å². The van der Waals surface area contributed by atoms with E-state index in [0.29, 0.717) is 5.56 Å². The maximum Gasteiger partial charge on any atom is 0.416 e. The first-order valence-corrected chi connectivity index (χ1v) is 14.5. The molecule has 3 amide bonds. The highest BCUT2D eigenvalue weighted by Gasteiger charge is 2.35. The molecule has 0 saturated heterocycles. The van der Waals surface area contributed by atoms with Gasteiger partial charge >= 0.3 is 18.2 Å². The maximum absolute atomic E-state index is 13.6. The van der Waals surface area contributed by atoms with Gasteiger partial charge in [-0.1, -0.05) is 30.3 Å². The molecule has 250 valence electrons. The summed E-state index contributed by atoms with van der Waals surface area (Å²) in [6.07, 6.45) is -1.36. The number of carboxylic acids is 1. The fourth-order valence-corrected chi connectivity index (χ4v) is 4.74. The number of carboxylic acid groups (broad SMARTS) is 1. The molecule has 2 aromatic carbocycles. The summed E-state index contributed by atoms with van der Waals surface area (Å²) in [5.41, 5.74) is -1.69. The van der Waals surface area contributed by atoms with Crippen LogP contribution in [0.4, 0.5) is 23.8 Å². The molecule has 5 N–H and O–H groups in total. The number of carbonyl (C=O) groups excluding carboxylic acids is 3. The van der Waals surface area contributed by atoms with Crippen LogP contribution in [0.15, 0.2) is 67.3 Å². The minimum atomic E-state index is -4.59. The Bertz CT molecular complexity index is 1770. The molecule has 47 heavy (non-hydrogen) atoms. The third-order valence-electron chi connectivity index (χ3n) is 7.04. The van der Waals surface area contributed by atoms with Gasteiger partial charge in [-0.25, -0.2) is 14.6 Å². The average molecular weight is 657 g/mol. The number of halogens is 3. The first-order chi connectivity index (χ1) is 21.8. The van der Waals surface area contributed by atoms with Gasteiger partial charge in [-0.05, 0) is 63.9 Å². The Morgan fingerprint density at radius 2 is 1.66 bits per heavy atom. The Hall–Kier alpha value is -5.34. The second-order valence-corrected chi connectivity index (χ2v) is 12.4. The predicted molar refractivity (Wildman–Crippen MR) is 165 cm³/mol. The lowest BCUT2D eigenvalue weighted by molar-refractivity contribution is -0.139. The van der Waals surface area contributed by atoms with Gasteiger partial charge in [-0.3, -0.25) is 9.59 Å². The Kier molecular flexibility index (Phi) is 9.68. The summed E-state index contributed by atoms with van der Waals surface area (Å²) in [5.74, 6) is -2.84. The third kappa shape index (κ3) is 8.68. The molecule has 2 atom stereocenters. The van der Waals surface area contributed by atoms with Crippen molar-refractivity contribution >= 4 is 40.6 Å². The number of aromatic amines is 1. The van der Waals surface area contributed by atoms with E-state index in [0.717, 1.165) is 46.1 Å². The lowest BCUT2D eigenvalue weighted by Gasteiger charge is -2.29. The van der Waals surface area contributed by atoms with E-state index in [9.17, 15) is 37.5 Å². The van der Waals surface area contributed by atoms with Crippen LogP contribution in [-0.4, -0.2) is 60.7 Å². The number of alkyl carbamates (subject to hydrolysis) is 1. The summed E-state index contributed by atoms with van der Waals surface area (Å²) >= 11 is 0. The van der Waals surface area contributed by atoms with Crippen LogP contribution in [0.5, 0.6) is 0 Å². The number of carbonyl (C=O) groups is 4. The van der Waals surface area contributed by atoms with E-state index in [2.05, 4.69) is 25.9 Å². The molecule has 0 aliphatic carbocycles. The topological polar surface area (TPSA) is 167 Å². The number of hydrogen-bond donors (Lipinski definition) is 5. The number of aliphatic carboxylic acids is 1. The van der Waals surface area contributed by atoms with E-state index in [1.54, 1.807) is 27.0 Å². The summed E-state index contributed by atoms with van der Waals surface area (Å²) in [7, 11) is 0. The predicted octanol–water partition coefficient (Wildman–Crippen LogP) is 5.03. The van der Waals surface area contributed by atoms with Crippen molar-refractivity contribution < 1.29 is 42.2 Å². The van der Waals surface area contributed by atoms with Crippen LogP contribution in [-0.2, 0) is 31.7 Å². The number of amides is 3. The van der Waals surface area contributed by atoms with E-state index >= 15 is 0 Å². The Morgan fingerprint density at radius 1 is 1.00 bits per heavy atom. The molecule has 0 fully saturated rings. The highest BCUT2D eigenvalue weighted by atomic mass is 19.4. The minimum absolute atomic E-state index is 0.0219. The number of nitrogens with one attached hydrogen (secondary N) is 4. The number of benzene rings is 2. The van der Waals surface area contributed by atoms with Crippen LogP contribution in [0, 0.1) is 0 Å². The van der Waals surface area contributed by atoms with Crippen LogP contribution in [0.3, 0.4) is 0 Å². The van der Waals surface area contributed by atoms with E-state index in [1.807, 2.05) is 24.3 Å². The summed E-state index contributed by atoms with van der Waals surface area (Å²) < 4.78 is 45.5. The summed E-state index contributed by atoms with van der Waals surface area (Å²) in [6.45, 7) is 7.91. The van der Waals surface area contributed by atoms with Crippen molar-refractivity contribution in [2.24, 2.45) is 0 Å². The number of para-hydroxylation sites is 1.